The number of piperidine rings is 1. The Balaban J connectivity index is 1.85. The SMILES string of the molecule is CC1(C(=N)OC(CS)CN2CCCCC2)CCCNCC1. The van der Waals surface area contributed by atoms with E-state index in [0.29, 0.717) is 11.7 Å². The third-order valence-electron chi connectivity index (χ3n) is 4.88. The average molecular weight is 314 g/mol. The van der Waals surface area contributed by atoms with Crippen molar-refractivity contribution in [3.05, 3.63) is 0 Å². The monoisotopic (exact) mass is 313 g/mol. The van der Waals surface area contributed by atoms with E-state index < -0.39 is 0 Å². The fourth-order valence-electron chi connectivity index (χ4n) is 3.32. The Labute approximate surface area is 134 Å². The molecule has 0 radical (unpaired) electrons. The summed E-state index contributed by atoms with van der Waals surface area (Å²) in [5.74, 6) is 1.16. The lowest BCUT2D eigenvalue weighted by Gasteiger charge is -2.34. The van der Waals surface area contributed by atoms with Gasteiger partial charge in [0, 0.05) is 17.7 Å². The zero-order chi connectivity index (χ0) is 15.1. The van der Waals surface area contributed by atoms with Crippen LogP contribution in [0.25, 0.3) is 0 Å². The molecule has 2 unspecified atom stereocenters. The van der Waals surface area contributed by atoms with Crippen LogP contribution in [0.5, 0.6) is 0 Å². The van der Waals surface area contributed by atoms with Crippen molar-refractivity contribution in [2.75, 3.05) is 38.5 Å². The van der Waals surface area contributed by atoms with E-state index >= 15 is 0 Å². The number of likely N-dealkylation sites (tertiary alicyclic amines) is 1. The van der Waals surface area contributed by atoms with Crippen molar-refractivity contribution in [2.45, 2.75) is 51.6 Å². The quantitative estimate of drug-likeness (QED) is 0.415. The number of nitrogens with zero attached hydrogens (tertiary/aromatic N) is 1. The zero-order valence-electron chi connectivity index (χ0n) is 13.4. The largest absolute Gasteiger partial charge is 0.475 e. The fraction of sp³-hybridized carbons (Fsp3) is 0.938. The molecule has 4 nitrogen and oxygen atoms in total. The molecule has 2 rings (SSSR count). The molecular formula is C16H31N3OS. The summed E-state index contributed by atoms with van der Waals surface area (Å²) in [4.78, 5) is 2.47. The van der Waals surface area contributed by atoms with Gasteiger partial charge in [0.15, 0.2) is 5.90 Å². The Morgan fingerprint density at radius 1 is 1.24 bits per heavy atom. The van der Waals surface area contributed by atoms with Gasteiger partial charge < -0.3 is 10.1 Å². The molecule has 0 amide bonds. The van der Waals surface area contributed by atoms with Gasteiger partial charge >= 0.3 is 0 Å². The van der Waals surface area contributed by atoms with Crippen molar-refractivity contribution in [3.8, 4) is 0 Å². The number of ether oxygens (including phenoxy) is 1. The molecule has 2 fully saturated rings. The first kappa shape index (κ1) is 17.1. The van der Waals surface area contributed by atoms with Gasteiger partial charge in [-0.05, 0) is 58.3 Å². The Bertz CT molecular complexity index is 323. The van der Waals surface area contributed by atoms with E-state index in [4.69, 9.17) is 10.1 Å². The molecular weight excluding hydrogens is 282 g/mol. The summed E-state index contributed by atoms with van der Waals surface area (Å²) in [7, 11) is 0. The summed E-state index contributed by atoms with van der Waals surface area (Å²) in [5.41, 5.74) is -0.105. The molecule has 2 saturated heterocycles. The Kier molecular flexibility index (Phi) is 6.83. The van der Waals surface area contributed by atoms with Crippen LogP contribution in [0.2, 0.25) is 0 Å². The maximum atomic E-state index is 8.43. The van der Waals surface area contributed by atoms with Crippen molar-refractivity contribution >= 4 is 18.5 Å². The molecule has 0 saturated carbocycles. The summed E-state index contributed by atoms with van der Waals surface area (Å²) in [5, 5.41) is 11.8. The van der Waals surface area contributed by atoms with Gasteiger partial charge in [-0.15, -0.1) is 0 Å². The van der Waals surface area contributed by atoms with E-state index in [-0.39, 0.29) is 11.5 Å². The smallest absolute Gasteiger partial charge is 0.186 e. The van der Waals surface area contributed by atoms with Gasteiger partial charge in [-0.3, -0.25) is 10.3 Å². The van der Waals surface area contributed by atoms with E-state index in [1.165, 1.54) is 32.4 Å². The minimum Gasteiger partial charge on any atom is -0.475 e. The van der Waals surface area contributed by atoms with Crippen molar-refractivity contribution in [2.24, 2.45) is 5.41 Å². The van der Waals surface area contributed by atoms with Crippen LogP contribution >= 0.6 is 12.6 Å². The second-order valence-corrected chi connectivity index (χ2v) is 7.14. The van der Waals surface area contributed by atoms with Crippen molar-refractivity contribution in [1.29, 1.82) is 5.41 Å². The molecule has 0 aliphatic carbocycles. The molecule has 21 heavy (non-hydrogen) atoms. The van der Waals surface area contributed by atoms with Crippen LogP contribution in [0, 0.1) is 10.8 Å². The van der Waals surface area contributed by atoms with Crippen LogP contribution in [0.1, 0.15) is 45.4 Å². The highest BCUT2D eigenvalue weighted by Crippen LogP contribution is 2.31. The Morgan fingerprint density at radius 3 is 2.71 bits per heavy atom. The van der Waals surface area contributed by atoms with Gasteiger partial charge in [-0.2, -0.15) is 12.6 Å². The van der Waals surface area contributed by atoms with E-state index in [9.17, 15) is 0 Å². The van der Waals surface area contributed by atoms with Crippen LogP contribution in [0.15, 0.2) is 0 Å². The van der Waals surface area contributed by atoms with E-state index in [1.807, 2.05) is 0 Å². The zero-order valence-corrected chi connectivity index (χ0v) is 14.3. The van der Waals surface area contributed by atoms with E-state index in [1.54, 1.807) is 0 Å². The van der Waals surface area contributed by atoms with Crippen LogP contribution < -0.4 is 5.32 Å². The molecule has 0 aromatic heterocycles. The number of nitrogens with one attached hydrogen (secondary N) is 2. The maximum absolute atomic E-state index is 8.43. The molecule has 5 heteroatoms. The minimum atomic E-state index is -0.105. The lowest BCUT2D eigenvalue weighted by Crippen LogP contribution is -2.41. The second kappa shape index (κ2) is 8.39. The summed E-state index contributed by atoms with van der Waals surface area (Å²) in [6.45, 7) is 7.48. The lowest BCUT2D eigenvalue weighted by atomic mass is 9.82. The molecule has 2 atom stereocenters. The van der Waals surface area contributed by atoms with Crippen molar-refractivity contribution in [1.82, 2.24) is 10.2 Å². The van der Waals surface area contributed by atoms with Gasteiger partial charge in [0.25, 0.3) is 0 Å². The first-order valence-corrected chi connectivity index (χ1v) is 9.07. The predicted octanol–water partition coefficient (Wildman–Crippen LogP) is 2.54. The van der Waals surface area contributed by atoms with Gasteiger partial charge in [-0.25, -0.2) is 0 Å². The number of rotatable bonds is 5. The summed E-state index contributed by atoms with van der Waals surface area (Å²) in [6.07, 6.45) is 7.15. The van der Waals surface area contributed by atoms with Crippen LogP contribution in [0.4, 0.5) is 0 Å². The molecule has 0 bridgehead atoms. The summed E-state index contributed by atoms with van der Waals surface area (Å²) < 4.78 is 6.04. The van der Waals surface area contributed by atoms with Gasteiger partial charge in [-0.1, -0.05) is 13.3 Å². The Morgan fingerprint density at radius 2 is 2.00 bits per heavy atom. The highest BCUT2D eigenvalue weighted by atomic mass is 32.1. The molecule has 0 aromatic carbocycles. The second-order valence-electron chi connectivity index (χ2n) is 6.78. The predicted molar refractivity (Wildman–Crippen MR) is 91.6 cm³/mol. The molecule has 2 heterocycles. The minimum absolute atomic E-state index is 0.0481. The normalized spacial score (nSPS) is 29.6. The van der Waals surface area contributed by atoms with Crippen LogP contribution in [-0.2, 0) is 4.74 Å². The van der Waals surface area contributed by atoms with Gasteiger partial charge in [0.05, 0.1) is 0 Å². The summed E-state index contributed by atoms with van der Waals surface area (Å²) in [6, 6.07) is 0. The number of hydrogen-bond acceptors (Lipinski definition) is 5. The fourth-order valence-corrected chi connectivity index (χ4v) is 3.51. The molecule has 122 valence electrons. The maximum Gasteiger partial charge on any atom is 0.186 e. The first-order chi connectivity index (χ1) is 10.1. The standard InChI is InChI=1S/C16H31N3OS/c1-16(6-5-8-18-9-7-16)15(17)20-14(13-21)12-19-10-3-2-4-11-19/h14,17-18,21H,2-13H2,1H3. The number of hydrogen-bond donors (Lipinski definition) is 3. The average Bonchev–Trinajstić information content (AvgIpc) is 2.73. The van der Waals surface area contributed by atoms with Gasteiger partial charge in [0.1, 0.15) is 6.10 Å². The molecule has 2 aliphatic heterocycles. The third kappa shape index (κ3) is 5.15. The number of thiol groups is 1. The van der Waals surface area contributed by atoms with E-state index in [0.717, 1.165) is 38.9 Å². The molecule has 2 N–H and O–H groups in total. The van der Waals surface area contributed by atoms with Gasteiger partial charge in [0.2, 0.25) is 0 Å². The molecule has 0 spiro atoms. The van der Waals surface area contributed by atoms with Crippen molar-refractivity contribution < 1.29 is 4.74 Å². The van der Waals surface area contributed by atoms with Crippen LogP contribution in [0.3, 0.4) is 0 Å². The summed E-state index contributed by atoms with van der Waals surface area (Å²) >= 11 is 4.44. The first-order valence-electron chi connectivity index (χ1n) is 8.44. The van der Waals surface area contributed by atoms with Crippen molar-refractivity contribution in [3.63, 3.8) is 0 Å². The lowest BCUT2D eigenvalue weighted by molar-refractivity contribution is 0.108. The Hall–Kier alpha value is -0.260. The van der Waals surface area contributed by atoms with Crippen LogP contribution in [-0.4, -0.2) is 55.4 Å². The highest BCUT2D eigenvalue weighted by molar-refractivity contribution is 7.80. The molecule has 0 aromatic rings. The molecule has 2 aliphatic rings. The third-order valence-corrected chi connectivity index (χ3v) is 5.29. The highest BCUT2D eigenvalue weighted by Gasteiger charge is 2.33. The topological polar surface area (TPSA) is 48.4 Å². The van der Waals surface area contributed by atoms with E-state index in [2.05, 4.69) is 29.8 Å².